The number of para-hydroxylation sites is 1. The van der Waals surface area contributed by atoms with E-state index in [0.717, 1.165) is 42.5 Å². The van der Waals surface area contributed by atoms with Crippen LogP contribution in [-0.4, -0.2) is 29.9 Å². The summed E-state index contributed by atoms with van der Waals surface area (Å²) < 4.78 is 5.95. The molecule has 2 aromatic heterocycles. The van der Waals surface area contributed by atoms with Crippen LogP contribution in [0.2, 0.25) is 0 Å². The number of nitrogens with zero attached hydrogens (tertiary/aromatic N) is 1. The van der Waals surface area contributed by atoms with Crippen LogP contribution in [0.4, 0.5) is 0 Å². The molecule has 4 nitrogen and oxygen atoms in total. The number of thiophene rings is 1. The Morgan fingerprint density at radius 2 is 2.04 bits per heavy atom. The summed E-state index contributed by atoms with van der Waals surface area (Å²) in [5.41, 5.74) is 1.72. The lowest BCUT2D eigenvalue weighted by molar-refractivity contribution is 0.0594. The molecule has 0 bridgehead atoms. The van der Waals surface area contributed by atoms with Crippen LogP contribution in [0.15, 0.2) is 46.2 Å². The zero-order chi connectivity index (χ0) is 17.2. The van der Waals surface area contributed by atoms with Gasteiger partial charge in [-0.05, 0) is 50.4 Å². The van der Waals surface area contributed by atoms with Gasteiger partial charge < -0.3 is 14.6 Å². The highest BCUT2D eigenvalue weighted by atomic mass is 32.1. The Labute approximate surface area is 151 Å². The summed E-state index contributed by atoms with van der Waals surface area (Å²) in [7, 11) is 0. The highest BCUT2D eigenvalue weighted by Gasteiger charge is 2.30. The van der Waals surface area contributed by atoms with E-state index in [1.165, 1.54) is 4.88 Å². The minimum Gasteiger partial charge on any atom is -0.451 e. The molecule has 0 saturated carbocycles. The highest BCUT2D eigenvalue weighted by Crippen LogP contribution is 2.28. The van der Waals surface area contributed by atoms with Crippen molar-refractivity contribution in [2.45, 2.75) is 32.4 Å². The molecule has 0 unspecified atom stereocenters. The second kappa shape index (κ2) is 7.02. The van der Waals surface area contributed by atoms with E-state index in [0.29, 0.717) is 12.3 Å². The van der Waals surface area contributed by atoms with Gasteiger partial charge in [0.25, 0.3) is 5.91 Å². The van der Waals surface area contributed by atoms with E-state index < -0.39 is 0 Å². The van der Waals surface area contributed by atoms with E-state index in [-0.39, 0.29) is 11.9 Å². The molecule has 3 aromatic rings. The van der Waals surface area contributed by atoms with Crippen molar-refractivity contribution < 1.29 is 9.21 Å². The van der Waals surface area contributed by atoms with Gasteiger partial charge in [0.05, 0.1) is 6.54 Å². The van der Waals surface area contributed by atoms with Crippen molar-refractivity contribution in [1.29, 1.82) is 0 Å². The van der Waals surface area contributed by atoms with Crippen LogP contribution in [-0.2, 0) is 6.54 Å². The molecule has 4 rings (SSSR count). The van der Waals surface area contributed by atoms with Gasteiger partial charge in [-0.3, -0.25) is 4.79 Å². The number of fused-ring (bicyclic) bond motifs is 1. The Balaban J connectivity index is 1.69. The molecule has 1 N–H and O–H groups in total. The number of rotatable bonds is 4. The summed E-state index contributed by atoms with van der Waals surface area (Å²) in [5, 5.41) is 6.46. The number of nitrogens with one attached hydrogen (secondary N) is 1. The van der Waals surface area contributed by atoms with E-state index in [1.807, 2.05) is 42.2 Å². The molecule has 25 heavy (non-hydrogen) atoms. The summed E-state index contributed by atoms with van der Waals surface area (Å²) in [6.45, 7) is 4.54. The normalized spacial score (nSPS) is 15.6. The Hall–Kier alpha value is -2.11. The van der Waals surface area contributed by atoms with Gasteiger partial charge in [-0.25, -0.2) is 0 Å². The maximum atomic E-state index is 13.4. The molecular weight excluding hydrogens is 332 g/mol. The van der Waals surface area contributed by atoms with Crippen LogP contribution in [0.25, 0.3) is 11.0 Å². The van der Waals surface area contributed by atoms with Crippen LogP contribution < -0.4 is 5.32 Å². The van der Waals surface area contributed by atoms with Crippen molar-refractivity contribution in [2.24, 2.45) is 0 Å². The topological polar surface area (TPSA) is 45.5 Å². The average Bonchev–Trinajstić information content (AvgIpc) is 3.28. The number of hydrogen-bond donors (Lipinski definition) is 1. The average molecular weight is 354 g/mol. The predicted molar refractivity (Wildman–Crippen MR) is 101 cm³/mol. The van der Waals surface area contributed by atoms with E-state index in [1.54, 1.807) is 11.3 Å². The van der Waals surface area contributed by atoms with E-state index in [4.69, 9.17) is 4.42 Å². The molecule has 5 heteroatoms. The van der Waals surface area contributed by atoms with Crippen molar-refractivity contribution in [3.63, 3.8) is 0 Å². The second-order valence-corrected chi connectivity index (χ2v) is 7.58. The zero-order valence-electron chi connectivity index (χ0n) is 14.3. The number of carbonyl (C=O) groups is 1. The van der Waals surface area contributed by atoms with Crippen LogP contribution in [0, 0.1) is 6.92 Å². The number of carbonyl (C=O) groups excluding carboxylic acids is 1. The molecule has 1 aliphatic rings. The number of aryl methyl sites for hydroxylation is 1. The van der Waals surface area contributed by atoms with Crippen LogP contribution in [0.5, 0.6) is 0 Å². The second-order valence-electron chi connectivity index (χ2n) is 6.55. The first-order valence-corrected chi connectivity index (χ1v) is 9.64. The fraction of sp³-hybridized carbons (Fsp3) is 0.350. The third-order valence-corrected chi connectivity index (χ3v) is 5.82. The summed E-state index contributed by atoms with van der Waals surface area (Å²) in [4.78, 5) is 16.6. The number of piperidine rings is 1. The molecular formula is C20H22N2O2S. The SMILES string of the molecule is Cc1c(C(=O)N(Cc2cccs2)C2CCNCC2)oc2ccccc12. The summed E-state index contributed by atoms with van der Waals surface area (Å²) in [6.07, 6.45) is 1.97. The van der Waals surface area contributed by atoms with Crippen molar-refractivity contribution in [1.82, 2.24) is 10.2 Å². The number of amides is 1. The standard InChI is InChI=1S/C20H22N2O2S/c1-14-17-6-2-3-7-18(17)24-19(14)20(23)22(13-16-5-4-12-25-16)15-8-10-21-11-9-15/h2-7,12,15,21H,8-11,13H2,1H3. The maximum Gasteiger partial charge on any atom is 0.290 e. The lowest BCUT2D eigenvalue weighted by Gasteiger charge is -2.34. The molecule has 0 atom stereocenters. The third-order valence-electron chi connectivity index (χ3n) is 4.95. The fourth-order valence-corrected chi connectivity index (χ4v) is 4.27. The van der Waals surface area contributed by atoms with E-state index in [9.17, 15) is 4.79 Å². The molecule has 0 aliphatic carbocycles. The Bertz CT molecular complexity index is 863. The molecule has 0 radical (unpaired) electrons. The monoisotopic (exact) mass is 354 g/mol. The van der Waals surface area contributed by atoms with Crippen molar-refractivity contribution in [3.05, 3.63) is 58.0 Å². The molecule has 1 aromatic carbocycles. The first-order chi connectivity index (χ1) is 12.2. The van der Waals surface area contributed by atoms with E-state index in [2.05, 4.69) is 16.8 Å². The maximum absolute atomic E-state index is 13.4. The van der Waals surface area contributed by atoms with Crippen LogP contribution >= 0.6 is 11.3 Å². The Kier molecular flexibility index (Phi) is 4.59. The van der Waals surface area contributed by atoms with Gasteiger partial charge in [-0.2, -0.15) is 0 Å². The predicted octanol–water partition coefficient (Wildman–Crippen LogP) is 4.20. The highest BCUT2D eigenvalue weighted by molar-refractivity contribution is 7.09. The number of furan rings is 1. The summed E-state index contributed by atoms with van der Waals surface area (Å²) in [6, 6.07) is 12.2. The van der Waals surface area contributed by atoms with Crippen molar-refractivity contribution >= 4 is 28.2 Å². The van der Waals surface area contributed by atoms with Gasteiger partial charge in [-0.15, -0.1) is 11.3 Å². The number of benzene rings is 1. The van der Waals surface area contributed by atoms with Crippen molar-refractivity contribution in [3.8, 4) is 0 Å². The van der Waals surface area contributed by atoms with E-state index >= 15 is 0 Å². The minimum atomic E-state index is 0.00833. The fourth-order valence-electron chi connectivity index (χ4n) is 3.56. The molecule has 0 spiro atoms. The molecule has 1 aliphatic heterocycles. The first kappa shape index (κ1) is 16.4. The first-order valence-electron chi connectivity index (χ1n) is 8.76. The van der Waals surface area contributed by atoms with Gasteiger partial charge in [0.1, 0.15) is 5.58 Å². The van der Waals surface area contributed by atoms with Gasteiger partial charge in [0, 0.05) is 21.9 Å². The minimum absolute atomic E-state index is 0.00833. The summed E-state index contributed by atoms with van der Waals surface area (Å²) in [5.74, 6) is 0.491. The van der Waals surface area contributed by atoms with Gasteiger partial charge in [0.15, 0.2) is 5.76 Å². The van der Waals surface area contributed by atoms with Gasteiger partial charge >= 0.3 is 0 Å². The smallest absolute Gasteiger partial charge is 0.290 e. The van der Waals surface area contributed by atoms with Gasteiger partial charge in [0.2, 0.25) is 0 Å². The molecule has 3 heterocycles. The summed E-state index contributed by atoms with van der Waals surface area (Å²) >= 11 is 1.70. The lowest BCUT2D eigenvalue weighted by Crippen LogP contribution is -2.45. The molecule has 1 fully saturated rings. The molecule has 1 amide bonds. The Morgan fingerprint density at radius 1 is 1.24 bits per heavy atom. The number of hydrogen-bond acceptors (Lipinski definition) is 4. The largest absolute Gasteiger partial charge is 0.451 e. The lowest BCUT2D eigenvalue weighted by atomic mass is 10.0. The molecule has 130 valence electrons. The molecule has 1 saturated heterocycles. The quantitative estimate of drug-likeness (QED) is 0.764. The van der Waals surface area contributed by atoms with Gasteiger partial charge in [-0.1, -0.05) is 24.3 Å². The third kappa shape index (κ3) is 3.22. The van der Waals surface area contributed by atoms with Crippen LogP contribution in [0.3, 0.4) is 0 Å². The van der Waals surface area contributed by atoms with Crippen LogP contribution in [0.1, 0.15) is 33.8 Å². The Morgan fingerprint density at radius 3 is 2.76 bits per heavy atom. The van der Waals surface area contributed by atoms with Crippen molar-refractivity contribution in [2.75, 3.05) is 13.1 Å². The zero-order valence-corrected chi connectivity index (χ0v) is 15.1.